The van der Waals surface area contributed by atoms with E-state index in [1.165, 1.54) is 0 Å². The van der Waals surface area contributed by atoms with E-state index in [1.807, 2.05) is 29.2 Å². The lowest BCUT2D eigenvalue weighted by Crippen LogP contribution is -2.62. The Labute approximate surface area is 121 Å². The second-order valence-electron chi connectivity index (χ2n) is 6.12. The van der Waals surface area contributed by atoms with Crippen LogP contribution < -0.4 is 10.1 Å². The zero-order chi connectivity index (χ0) is 14.8. The fourth-order valence-electron chi connectivity index (χ4n) is 2.62. The Morgan fingerprint density at radius 2 is 2.15 bits per heavy atom. The Hall–Kier alpha value is -1.55. The first-order valence-electron chi connectivity index (χ1n) is 7.09. The van der Waals surface area contributed by atoms with Crippen LogP contribution in [0.5, 0.6) is 5.75 Å². The van der Waals surface area contributed by atoms with Crippen molar-refractivity contribution in [3.63, 3.8) is 0 Å². The molecular formula is C16H24N2O2. The maximum atomic E-state index is 12.6. The number of piperazine rings is 1. The van der Waals surface area contributed by atoms with Gasteiger partial charge in [-0.3, -0.25) is 4.79 Å². The highest BCUT2D eigenvalue weighted by Crippen LogP contribution is 2.21. The largest absolute Gasteiger partial charge is 0.496 e. The van der Waals surface area contributed by atoms with E-state index >= 15 is 0 Å². The Bertz CT molecular complexity index is 485. The van der Waals surface area contributed by atoms with Crippen LogP contribution in [-0.4, -0.2) is 42.6 Å². The third-order valence-electron chi connectivity index (χ3n) is 3.83. The molecule has 1 atom stereocenters. The van der Waals surface area contributed by atoms with Crippen LogP contribution in [0.4, 0.5) is 0 Å². The summed E-state index contributed by atoms with van der Waals surface area (Å²) in [6.45, 7) is 7.92. The molecule has 1 aliphatic rings. The molecule has 1 unspecified atom stereocenters. The molecule has 1 amide bonds. The summed E-state index contributed by atoms with van der Waals surface area (Å²) in [7, 11) is 1.64. The number of amides is 1. The van der Waals surface area contributed by atoms with E-state index in [4.69, 9.17) is 4.74 Å². The highest BCUT2D eigenvalue weighted by atomic mass is 16.5. The molecule has 1 saturated heterocycles. The van der Waals surface area contributed by atoms with E-state index in [-0.39, 0.29) is 17.5 Å². The van der Waals surface area contributed by atoms with Crippen LogP contribution in [0.2, 0.25) is 0 Å². The van der Waals surface area contributed by atoms with Crippen LogP contribution in [-0.2, 0) is 11.2 Å². The first kappa shape index (κ1) is 14.9. The fraction of sp³-hybridized carbons (Fsp3) is 0.562. The van der Waals surface area contributed by atoms with Crippen LogP contribution >= 0.6 is 0 Å². The van der Waals surface area contributed by atoms with Gasteiger partial charge in [0.2, 0.25) is 5.91 Å². The van der Waals surface area contributed by atoms with Gasteiger partial charge in [0.05, 0.1) is 13.5 Å². The highest BCUT2D eigenvalue weighted by molar-refractivity contribution is 5.80. The van der Waals surface area contributed by atoms with Gasteiger partial charge < -0.3 is 15.0 Å². The molecule has 1 aromatic carbocycles. The molecule has 0 aromatic heterocycles. The van der Waals surface area contributed by atoms with Crippen LogP contribution in [0, 0.1) is 0 Å². The number of para-hydroxylation sites is 1. The molecule has 1 fully saturated rings. The molecule has 4 nitrogen and oxygen atoms in total. The van der Waals surface area contributed by atoms with E-state index < -0.39 is 0 Å². The van der Waals surface area contributed by atoms with Crippen molar-refractivity contribution in [1.29, 1.82) is 0 Å². The number of benzene rings is 1. The zero-order valence-corrected chi connectivity index (χ0v) is 12.8. The molecule has 1 aliphatic heterocycles. The third-order valence-corrected chi connectivity index (χ3v) is 3.83. The van der Waals surface area contributed by atoms with Crippen LogP contribution in [0.25, 0.3) is 0 Å². The van der Waals surface area contributed by atoms with Gasteiger partial charge in [-0.15, -0.1) is 0 Å². The summed E-state index contributed by atoms with van der Waals surface area (Å²) in [4.78, 5) is 14.6. The van der Waals surface area contributed by atoms with Gasteiger partial charge in [0.15, 0.2) is 0 Å². The van der Waals surface area contributed by atoms with Gasteiger partial charge in [-0.2, -0.15) is 0 Å². The molecule has 0 spiro atoms. The third kappa shape index (κ3) is 3.31. The predicted octanol–water partition coefficient (Wildman–Crippen LogP) is 1.84. The molecule has 4 heteroatoms. The lowest BCUT2D eigenvalue weighted by atomic mass is 9.98. The Morgan fingerprint density at radius 3 is 2.85 bits per heavy atom. The minimum absolute atomic E-state index is 0.0249. The molecule has 0 aliphatic carbocycles. The predicted molar refractivity (Wildman–Crippen MR) is 80.0 cm³/mol. The van der Waals surface area contributed by atoms with Gasteiger partial charge in [-0.05, 0) is 26.8 Å². The molecule has 2 rings (SSSR count). The number of methoxy groups -OCH3 is 1. The number of hydrogen-bond acceptors (Lipinski definition) is 3. The molecule has 110 valence electrons. The van der Waals surface area contributed by atoms with Crippen LogP contribution in [0.1, 0.15) is 26.3 Å². The minimum atomic E-state index is -0.0249. The van der Waals surface area contributed by atoms with Crippen molar-refractivity contribution in [2.45, 2.75) is 38.8 Å². The minimum Gasteiger partial charge on any atom is -0.496 e. The van der Waals surface area contributed by atoms with E-state index in [2.05, 4.69) is 26.1 Å². The second-order valence-corrected chi connectivity index (χ2v) is 6.12. The van der Waals surface area contributed by atoms with Gasteiger partial charge >= 0.3 is 0 Å². The van der Waals surface area contributed by atoms with Gasteiger partial charge in [0, 0.05) is 30.2 Å². The van der Waals surface area contributed by atoms with Crippen molar-refractivity contribution in [2.24, 2.45) is 0 Å². The van der Waals surface area contributed by atoms with Gasteiger partial charge in [0.25, 0.3) is 0 Å². The molecular weight excluding hydrogens is 252 g/mol. The molecule has 1 N–H and O–H groups in total. The molecule has 1 heterocycles. The van der Waals surface area contributed by atoms with E-state index in [0.29, 0.717) is 6.42 Å². The summed E-state index contributed by atoms with van der Waals surface area (Å²) in [5, 5.41) is 3.46. The maximum Gasteiger partial charge on any atom is 0.227 e. The summed E-state index contributed by atoms with van der Waals surface area (Å²) in [5.74, 6) is 0.944. The normalized spacial score (nSPS) is 21.6. The summed E-state index contributed by atoms with van der Waals surface area (Å²) in [6.07, 6.45) is 0.393. The van der Waals surface area contributed by atoms with Crippen molar-refractivity contribution < 1.29 is 9.53 Å². The number of carbonyl (C=O) groups is 1. The average Bonchev–Trinajstić information content (AvgIpc) is 2.42. The first-order chi connectivity index (χ1) is 9.43. The number of carbonyl (C=O) groups excluding carboxylic acids is 1. The van der Waals surface area contributed by atoms with Crippen LogP contribution in [0.15, 0.2) is 24.3 Å². The zero-order valence-electron chi connectivity index (χ0n) is 12.8. The smallest absolute Gasteiger partial charge is 0.227 e. The molecule has 0 bridgehead atoms. The monoisotopic (exact) mass is 276 g/mol. The SMILES string of the molecule is COc1ccccc1CC(=O)N1CC(C)(C)NCC1C. The van der Waals surface area contributed by atoms with Gasteiger partial charge in [-0.1, -0.05) is 18.2 Å². The lowest BCUT2D eigenvalue weighted by molar-refractivity contribution is -0.135. The number of nitrogens with zero attached hydrogens (tertiary/aromatic N) is 1. The van der Waals surface area contributed by atoms with Crippen molar-refractivity contribution in [3.05, 3.63) is 29.8 Å². The quantitative estimate of drug-likeness (QED) is 0.916. The number of rotatable bonds is 3. The molecule has 0 saturated carbocycles. The van der Waals surface area contributed by atoms with Gasteiger partial charge in [0.1, 0.15) is 5.75 Å². The lowest BCUT2D eigenvalue weighted by Gasteiger charge is -2.43. The standard InChI is InChI=1S/C16H24N2O2/c1-12-10-17-16(2,3)11-18(12)15(19)9-13-7-5-6-8-14(13)20-4/h5-8,12,17H,9-11H2,1-4H3. The number of ether oxygens (including phenoxy) is 1. The van der Waals surface area contributed by atoms with Crippen molar-refractivity contribution in [2.75, 3.05) is 20.2 Å². The fourth-order valence-corrected chi connectivity index (χ4v) is 2.62. The topological polar surface area (TPSA) is 41.6 Å². The summed E-state index contributed by atoms with van der Waals surface area (Å²) in [6, 6.07) is 7.94. The molecule has 0 radical (unpaired) electrons. The maximum absolute atomic E-state index is 12.6. The second kappa shape index (κ2) is 5.83. The number of hydrogen-bond donors (Lipinski definition) is 1. The summed E-state index contributed by atoms with van der Waals surface area (Å²) in [5.41, 5.74) is 0.923. The molecule has 1 aromatic rings. The van der Waals surface area contributed by atoms with Crippen molar-refractivity contribution in [1.82, 2.24) is 10.2 Å². The molecule has 20 heavy (non-hydrogen) atoms. The average molecular weight is 276 g/mol. The first-order valence-corrected chi connectivity index (χ1v) is 7.09. The summed E-state index contributed by atoms with van der Waals surface area (Å²) < 4.78 is 5.32. The summed E-state index contributed by atoms with van der Waals surface area (Å²) >= 11 is 0. The Morgan fingerprint density at radius 1 is 1.45 bits per heavy atom. The van der Waals surface area contributed by atoms with Crippen LogP contribution in [0.3, 0.4) is 0 Å². The Kier molecular flexibility index (Phi) is 4.33. The van der Waals surface area contributed by atoms with Crippen molar-refractivity contribution >= 4 is 5.91 Å². The van der Waals surface area contributed by atoms with Crippen molar-refractivity contribution in [3.8, 4) is 5.75 Å². The van der Waals surface area contributed by atoms with E-state index in [9.17, 15) is 4.79 Å². The highest BCUT2D eigenvalue weighted by Gasteiger charge is 2.33. The van der Waals surface area contributed by atoms with E-state index in [0.717, 1.165) is 24.4 Å². The number of nitrogens with one attached hydrogen (secondary N) is 1. The van der Waals surface area contributed by atoms with Gasteiger partial charge in [-0.25, -0.2) is 0 Å². The van der Waals surface area contributed by atoms with E-state index in [1.54, 1.807) is 7.11 Å². The Balaban J connectivity index is 2.11.